The first kappa shape index (κ1) is 16.1. The zero-order valence-electron chi connectivity index (χ0n) is 13.8. The SMILES string of the molecule is CC(C)(C)OC(=O)NC1CCN(c2snc3ccccc23)CC1. The number of alkyl carbamates (subject to hydrolysis) is 1. The standard InChI is InChI=1S/C17H23N3O2S/c1-17(2,3)22-16(21)18-12-8-10-20(11-9-12)15-13-6-4-5-7-14(13)19-23-15/h4-7,12H,8-11H2,1-3H3,(H,18,21). The van der Waals surface area contributed by atoms with E-state index in [9.17, 15) is 4.79 Å². The number of anilines is 1. The molecule has 1 aromatic carbocycles. The summed E-state index contributed by atoms with van der Waals surface area (Å²) in [6, 6.07) is 8.42. The van der Waals surface area contributed by atoms with Crippen LogP contribution in [0.25, 0.3) is 10.9 Å². The van der Waals surface area contributed by atoms with Gasteiger partial charge in [0.15, 0.2) is 0 Å². The van der Waals surface area contributed by atoms with Crippen LogP contribution in [0, 0.1) is 0 Å². The highest BCUT2D eigenvalue weighted by Gasteiger charge is 2.25. The number of hydrogen-bond acceptors (Lipinski definition) is 5. The molecular formula is C17H23N3O2S. The molecule has 1 saturated heterocycles. The third-order valence-electron chi connectivity index (χ3n) is 3.87. The fourth-order valence-electron chi connectivity index (χ4n) is 2.80. The zero-order valence-corrected chi connectivity index (χ0v) is 14.7. The largest absolute Gasteiger partial charge is 0.444 e. The molecule has 1 aromatic heterocycles. The zero-order chi connectivity index (χ0) is 16.4. The van der Waals surface area contributed by atoms with E-state index in [1.165, 1.54) is 10.4 Å². The summed E-state index contributed by atoms with van der Waals surface area (Å²) in [5.74, 6) is 0. The molecule has 0 radical (unpaired) electrons. The van der Waals surface area contributed by atoms with E-state index in [2.05, 4.69) is 26.7 Å². The minimum Gasteiger partial charge on any atom is -0.444 e. The molecule has 124 valence electrons. The smallest absolute Gasteiger partial charge is 0.407 e. The molecule has 6 heteroatoms. The van der Waals surface area contributed by atoms with Crippen molar-refractivity contribution >= 4 is 33.5 Å². The summed E-state index contributed by atoms with van der Waals surface area (Å²) in [5, 5.41) is 5.43. The number of hydrogen-bond donors (Lipinski definition) is 1. The third kappa shape index (κ3) is 3.93. The number of aromatic nitrogens is 1. The monoisotopic (exact) mass is 333 g/mol. The number of fused-ring (bicyclic) bond motifs is 1. The lowest BCUT2D eigenvalue weighted by Crippen LogP contribution is -2.46. The van der Waals surface area contributed by atoms with E-state index in [1.54, 1.807) is 11.5 Å². The van der Waals surface area contributed by atoms with Crippen molar-refractivity contribution in [3.63, 3.8) is 0 Å². The second kappa shape index (κ2) is 6.35. The Labute approximate surface area is 140 Å². The molecule has 0 bridgehead atoms. The van der Waals surface area contributed by atoms with Crippen molar-refractivity contribution in [2.75, 3.05) is 18.0 Å². The van der Waals surface area contributed by atoms with Gasteiger partial charge in [-0.05, 0) is 57.3 Å². The Morgan fingerprint density at radius 2 is 2.00 bits per heavy atom. The van der Waals surface area contributed by atoms with Crippen molar-refractivity contribution in [1.29, 1.82) is 0 Å². The van der Waals surface area contributed by atoms with Gasteiger partial charge in [-0.15, -0.1) is 0 Å². The number of nitrogens with zero attached hydrogens (tertiary/aromatic N) is 2. The van der Waals surface area contributed by atoms with Gasteiger partial charge in [0.05, 0.1) is 5.52 Å². The van der Waals surface area contributed by atoms with E-state index in [4.69, 9.17) is 4.74 Å². The summed E-state index contributed by atoms with van der Waals surface area (Å²) in [6.07, 6.45) is 1.52. The number of piperidine rings is 1. The summed E-state index contributed by atoms with van der Waals surface area (Å²) in [4.78, 5) is 14.2. The Balaban J connectivity index is 1.57. The highest BCUT2D eigenvalue weighted by molar-refractivity contribution is 7.11. The van der Waals surface area contributed by atoms with Crippen LogP contribution in [0.3, 0.4) is 0 Å². The highest BCUT2D eigenvalue weighted by atomic mass is 32.1. The third-order valence-corrected chi connectivity index (χ3v) is 4.81. The fourth-order valence-corrected chi connectivity index (χ4v) is 3.72. The summed E-state index contributed by atoms with van der Waals surface area (Å²) >= 11 is 1.56. The summed E-state index contributed by atoms with van der Waals surface area (Å²) in [5.41, 5.74) is 0.605. The Bertz CT molecular complexity index is 684. The number of carbonyl (C=O) groups is 1. The Hall–Kier alpha value is -1.82. The first-order valence-corrected chi connectivity index (χ1v) is 8.78. The van der Waals surface area contributed by atoms with Gasteiger partial charge in [0, 0.05) is 24.5 Å². The lowest BCUT2D eigenvalue weighted by Gasteiger charge is -2.33. The molecule has 5 nitrogen and oxygen atoms in total. The van der Waals surface area contributed by atoms with Crippen LogP contribution < -0.4 is 10.2 Å². The van der Waals surface area contributed by atoms with Gasteiger partial charge in [0.1, 0.15) is 10.6 Å². The van der Waals surface area contributed by atoms with Gasteiger partial charge in [-0.1, -0.05) is 12.1 Å². The van der Waals surface area contributed by atoms with Crippen molar-refractivity contribution in [3.8, 4) is 0 Å². The minimum absolute atomic E-state index is 0.181. The maximum atomic E-state index is 11.9. The number of rotatable bonds is 2. The van der Waals surface area contributed by atoms with Crippen LogP contribution in [0.15, 0.2) is 24.3 Å². The van der Waals surface area contributed by atoms with Gasteiger partial charge in [-0.3, -0.25) is 0 Å². The first-order chi connectivity index (χ1) is 10.9. The van der Waals surface area contributed by atoms with E-state index in [1.807, 2.05) is 32.9 Å². The van der Waals surface area contributed by atoms with Crippen LogP contribution in [0.1, 0.15) is 33.6 Å². The van der Waals surface area contributed by atoms with Crippen LogP contribution >= 0.6 is 11.5 Å². The number of carbonyl (C=O) groups excluding carboxylic acids is 1. The van der Waals surface area contributed by atoms with Gasteiger partial charge in [0.25, 0.3) is 0 Å². The molecule has 2 heterocycles. The molecule has 23 heavy (non-hydrogen) atoms. The molecule has 1 aliphatic heterocycles. The summed E-state index contributed by atoms with van der Waals surface area (Å²) < 4.78 is 9.84. The summed E-state index contributed by atoms with van der Waals surface area (Å²) in [6.45, 7) is 7.48. The van der Waals surface area contributed by atoms with Crippen molar-refractivity contribution < 1.29 is 9.53 Å². The lowest BCUT2D eigenvalue weighted by molar-refractivity contribution is 0.0497. The quantitative estimate of drug-likeness (QED) is 0.908. The first-order valence-electron chi connectivity index (χ1n) is 8.01. The molecule has 1 aliphatic rings. The molecule has 0 atom stereocenters. The maximum Gasteiger partial charge on any atom is 0.407 e. The molecule has 1 fully saturated rings. The Kier molecular flexibility index (Phi) is 4.43. The van der Waals surface area contributed by atoms with Gasteiger partial charge >= 0.3 is 6.09 Å². The minimum atomic E-state index is -0.452. The molecule has 1 amide bonds. The lowest BCUT2D eigenvalue weighted by atomic mass is 10.1. The van der Waals surface area contributed by atoms with Gasteiger partial charge in [-0.2, -0.15) is 4.37 Å². The summed E-state index contributed by atoms with van der Waals surface area (Å²) in [7, 11) is 0. The molecular weight excluding hydrogens is 310 g/mol. The Morgan fingerprint density at radius 3 is 2.70 bits per heavy atom. The van der Waals surface area contributed by atoms with Crippen molar-refractivity contribution in [3.05, 3.63) is 24.3 Å². The predicted octanol–water partition coefficient (Wildman–Crippen LogP) is 3.79. The normalized spacial score (nSPS) is 16.6. The van der Waals surface area contributed by atoms with Gasteiger partial charge in [0.2, 0.25) is 0 Å². The average Bonchev–Trinajstić information content (AvgIpc) is 2.90. The van der Waals surface area contributed by atoms with Gasteiger partial charge < -0.3 is 15.0 Å². The number of nitrogens with one attached hydrogen (secondary N) is 1. The molecule has 3 rings (SSSR count). The van der Waals surface area contributed by atoms with E-state index in [-0.39, 0.29) is 12.1 Å². The molecule has 0 unspecified atom stereocenters. The number of ether oxygens (including phenoxy) is 1. The molecule has 1 N–H and O–H groups in total. The van der Waals surface area contributed by atoms with E-state index in [0.29, 0.717) is 0 Å². The van der Waals surface area contributed by atoms with Crippen LogP contribution in [0.5, 0.6) is 0 Å². The van der Waals surface area contributed by atoms with Gasteiger partial charge in [-0.25, -0.2) is 4.79 Å². The van der Waals surface area contributed by atoms with Crippen LogP contribution in [-0.2, 0) is 4.74 Å². The molecule has 2 aromatic rings. The van der Waals surface area contributed by atoms with E-state index in [0.717, 1.165) is 31.4 Å². The molecule has 0 aliphatic carbocycles. The van der Waals surface area contributed by atoms with Crippen molar-refractivity contribution in [2.45, 2.75) is 45.3 Å². The number of amides is 1. The highest BCUT2D eigenvalue weighted by Crippen LogP contribution is 2.32. The van der Waals surface area contributed by atoms with E-state index < -0.39 is 5.60 Å². The van der Waals surface area contributed by atoms with Crippen LogP contribution in [0.2, 0.25) is 0 Å². The topological polar surface area (TPSA) is 54.5 Å². The number of benzene rings is 1. The van der Waals surface area contributed by atoms with Crippen molar-refractivity contribution in [2.24, 2.45) is 0 Å². The Morgan fingerprint density at radius 1 is 1.30 bits per heavy atom. The second-order valence-electron chi connectivity index (χ2n) is 6.91. The fraction of sp³-hybridized carbons (Fsp3) is 0.529. The van der Waals surface area contributed by atoms with Crippen molar-refractivity contribution in [1.82, 2.24) is 9.69 Å². The molecule has 0 spiro atoms. The maximum absolute atomic E-state index is 11.9. The predicted molar refractivity (Wildman–Crippen MR) is 94.2 cm³/mol. The second-order valence-corrected chi connectivity index (χ2v) is 7.66. The average molecular weight is 333 g/mol. The van der Waals surface area contributed by atoms with Crippen LogP contribution in [-0.4, -0.2) is 35.2 Å². The van der Waals surface area contributed by atoms with Crippen LogP contribution in [0.4, 0.5) is 9.80 Å². The molecule has 0 saturated carbocycles. The van der Waals surface area contributed by atoms with E-state index >= 15 is 0 Å².